The van der Waals surface area contributed by atoms with Crippen molar-refractivity contribution in [2.45, 2.75) is 26.7 Å². The van der Waals surface area contributed by atoms with Crippen LogP contribution in [0.3, 0.4) is 0 Å². The lowest BCUT2D eigenvalue weighted by Crippen LogP contribution is -2.24. The number of nitrogens with zero attached hydrogens (tertiary/aromatic N) is 1. The largest absolute Gasteiger partial charge is 0.508 e. The zero-order valence-corrected chi connectivity index (χ0v) is 9.85. The number of phenolic OH excluding ortho intramolecular Hbond substituents is 1. The van der Waals surface area contributed by atoms with Gasteiger partial charge in [-0.1, -0.05) is 19.9 Å². The van der Waals surface area contributed by atoms with E-state index < -0.39 is 0 Å². The molecule has 0 aliphatic carbocycles. The van der Waals surface area contributed by atoms with Crippen molar-refractivity contribution >= 4 is 5.69 Å². The lowest BCUT2D eigenvalue weighted by atomic mass is 10.3. The topological polar surface area (TPSA) is 41.9 Å². The summed E-state index contributed by atoms with van der Waals surface area (Å²) in [5.41, 5.74) is 0.696. The van der Waals surface area contributed by atoms with Crippen molar-refractivity contribution in [1.29, 1.82) is 0 Å². The van der Waals surface area contributed by atoms with E-state index in [-0.39, 0.29) is 5.75 Å². The van der Waals surface area contributed by atoms with Gasteiger partial charge in [-0.25, -0.2) is 9.68 Å². The third-order valence-corrected chi connectivity index (χ3v) is 1.87. The zero-order chi connectivity index (χ0) is 11.8. The van der Waals surface area contributed by atoms with E-state index in [9.17, 15) is 5.11 Å². The van der Waals surface area contributed by atoms with Gasteiger partial charge in [0.1, 0.15) is 5.75 Å². The van der Waals surface area contributed by atoms with Crippen molar-refractivity contribution in [3.8, 4) is 5.75 Å². The molecule has 0 aromatic heterocycles. The number of hydrogen-bond acceptors (Lipinski definition) is 4. The maximum absolute atomic E-state index is 9.38. The van der Waals surface area contributed by atoms with Gasteiger partial charge in [0.25, 0.3) is 0 Å². The number of phenols is 1. The van der Waals surface area contributed by atoms with E-state index in [2.05, 4.69) is 0 Å². The number of aromatic hydroxyl groups is 1. The second-order valence-corrected chi connectivity index (χ2v) is 3.44. The highest BCUT2D eigenvalue weighted by Crippen LogP contribution is 2.20. The van der Waals surface area contributed by atoms with Crippen LogP contribution in [0.5, 0.6) is 5.75 Å². The van der Waals surface area contributed by atoms with Gasteiger partial charge >= 0.3 is 0 Å². The van der Waals surface area contributed by atoms with Gasteiger partial charge in [0.2, 0.25) is 0 Å². The first-order chi connectivity index (χ1) is 7.77. The molecule has 0 saturated heterocycles. The standard InChI is InChI=1S/C12H19NO3/c1-3-8-15-13(16-9-4-2)11-6-5-7-12(14)10-11/h5-7,10,14H,3-4,8-9H2,1-2H3. The lowest BCUT2D eigenvalue weighted by Gasteiger charge is -2.22. The first-order valence-corrected chi connectivity index (χ1v) is 5.63. The molecule has 0 heterocycles. The molecule has 4 nitrogen and oxygen atoms in total. The summed E-state index contributed by atoms with van der Waals surface area (Å²) in [5.74, 6) is 0.197. The predicted molar refractivity (Wildman–Crippen MR) is 63.1 cm³/mol. The molecule has 16 heavy (non-hydrogen) atoms. The summed E-state index contributed by atoms with van der Waals surface area (Å²) in [6.45, 7) is 5.22. The van der Waals surface area contributed by atoms with Gasteiger partial charge in [0.05, 0.1) is 18.9 Å². The maximum atomic E-state index is 9.38. The Labute approximate surface area is 96.3 Å². The molecule has 1 aromatic rings. The van der Waals surface area contributed by atoms with E-state index >= 15 is 0 Å². The van der Waals surface area contributed by atoms with Crippen LogP contribution < -0.4 is 5.23 Å². The smallest absolute Gasteiger partial charge is 0.117 e. The summed E-state index contributed by atoms with van der Waals surface area (Å²) >= 11 is 0. The minimum atomic E-state index is 0.197. The van der Waals surface area contributed by atoms with Crippen LogP contribution in [0, 0.1) is 0 Å². The van der Waals surface area contributed by atoms with Crippen LogP contribution in [0.2, 0.25) is 0 Å². The van der Waals surface area contributed by atoms with E-state index in [0.717, 1.165) is 12.8 Å². The molecule has 0 aliphatic rings. The molecule has 0 atom stereocenters. The Kier molecular flexibility index (Phi) is 5.67. The van der Waals surface area contributed by atoms with Crippen molar-refractivity contribution in [1.82, 2.24) is 0 Å². The highest BCUT2D eigenvalue weighted by molar-refractivity contribution is 5.46. The molecule has 0 bridgehead atoms. The van der Waals surface area contributed by atoms with E-state index in [0.29, 0.717) is 18.9 Å². The molecule has 0 spiro atoms. The summed E-state index contributed by atoms with van der Waals surface area (Å²) in [6.07, 6.45) is 1.82. The van der Waals surface area contributed by atoms with Crippen LogP contribution in [-0.2, 0) is 9.68 Å². The average Bonchev–Trinajstić information content (AvgIpc) is 2.29. The van der Waals surface area contributed by atoms with E-state index in [1.807, 2.05) is 19.9 Å². The molecule has 0 unspecified atom stereocenters. The molecule has 4 heteroatoms. The fraction of sp³-hybridized carbons (Fsp3) is 0.500. The summed E-state index contributed by atoms with van der Waals surface area (Å²) in [6, 6.07) is 6.79. The van der Waals surface area contributed by atoms with Gasteiger partial charge in [-0.3, -0.25) is 0 Å². The summed E-state index contributed by atoms with van der Waals surface area (Å²) < 4.78 is 0. The Morgan fingerprint density at radius 3 is 2.25 bits per heavy atom. The second kappa shape index (κ2) is 7.09. The predicted octanol–water partition coefficient (Wildman–Crippen LogP) is 2.88. The van der Waals surface area contributed by atoms with Crippen LogP contribution in [0.4, 0.5) is 5.69 Å². The first-order valence-electron chi connectivity index (χ1n) is 5.63. The number of anilines is 1. The Morgan fingerprint density at radius 2 is 1.75 bits per heavy atom. The van der Waals surface area contributed by atoms with Crippen LogP contribution in [0.1, 0.15) is 26.7 Å². The summed E-state index contributed by atoms with van der Waals surface area (Å²) in [5, 5.41) is 10.7. The molecule has 90 valence electrons. The molecule has 0 amide bonds. The molecule has 0 aliphatic heterocycles. The third-order valence-electron chi connectivity index (χ3n) is 1.87. The van der Waals surface area contributed by atoms with Crippen LogP contribution in [-0.4, -0.2) is 18.3 Å². The molecule has 1 rings (SSSR count). The Balaban J connectivity index is 2.66. The molecule has 0 fully saturated rings. The summed E-state index contributed by atoms with van der Waals surface area (Å²) in [4.78, 5) is 10.9. The van der Waals surface area contributed by atoms with Crippen molar-refractivity contribution in [2.24, 2.45) is 0 Å². The second-order valence-electron chi connectivity index (χ2n) is 3.44. The monoisotopic (exact) mass is 225 g/mol. The van der Waals surface area contributed by atoms with Crippen LogP contribution in [0.15, 0.2) is 24.3 Å². The fourth-order valence-corrected chi connectivity index (χ4v) is 1.14. The fourth-order valence-electron chi connectivity index (χ4n) is 1.14. The number of benzene rings is 1. The molecule has 0 radical (unpaired) electrons. The quantitative estimate of drug-likeness (QED) is 0.724. The van der Waals surface area contributed by atoms with Gasteiger partial charge in [-0.15, -0.1) is 5.23 Å². The van der Waals surface area contributed by atoms with E-state index in [4.69, 9.17) is 9.68 Å². The number of rotatable bonds is 7. The van der Waals surface area contributed by atoms with Crippen LogP contribution >= 0.6 is 0 Å². The van der Waals surface area contributed by atoms with Crippen LogP contribution in [0.25, 0.3) is 0 Å². The van der Waals surface area contributed by atoms with Crippen molar-refractivity contribution in [3.63, 3.8) is 0 Å². The first kappa shape index (κ1) is 12.8. The number of hydrogen-bond donors (Lipinski definition) is 1. The zero-order valence-electron chi connectivity index (χ0n) is 9.85. The van der Waals surface area contributed by atoms with Crippen molar-refractivity contribution in [2.75, 3.05) is 18.4 Å². The highest BCUT2D eigenvalue weighted by atomic mass is 16.9. The third kappa shape index (κ3) is 4.08. The van der Waals surface area contributed by atoms with Gasteiger partial charge in [-0.05, 0) is 25.0 Å². The normalized spacial score (nSPS) is 10.4. The van der Waals surface area contributed by atoms with Crippen molar-refractivity contribution < 1.29 is 14.8 Å². The van der Waals surface area contributed by atoms with Crippen molar-refractivity contribution in [3.05, 3.63) is 24.3 Å². The Hall–Kier alpha value is -1.26. The molecular formula is C12H19NO3. The van der Waals surface area contributed by atoms with Gasteiger partial charge in [0, 0.05) is 6.07 Å². The summed E-state index contributed by atoms with van der Waals surface area (Å²) in [7, 11) is 0. The molecule has 1 N–H and O–H groups in total. The maximum Gasteiger partial charge on any atom is 0.117 e. The van der Waals surface area contributed by atoms with E-state index in [1.165, 1.54) is 5.23 Å². The molecular weight excluding hydrogens is 206 g/mol. The van der Waals surface area contributed by atoms with Gasteiger partial charge in [0.15, 0.2) is 0 Å². The lowest BCUT2D eigenvalue weighted by molar-refractivity contribution is -0.0894. The SMILES string of the molecule is CCCON(OCCC)c1cccc(O)c1. The Morgan fingerprint density at radius 1 is 1.12 bits per heavy atom. The molecule has 0 saturated carbocycles. The van der Waals surface area contributed by atoms with E-state index in [1.54, 1.807) is 18.2 Å². The van der Waals surface area contributed by atoms with Gasteiger partial charge < -0.3 is 5.11 Å². The minimum absolute atomic E-state index is 0.197. The van der Waals surface area contributed by atoms with Gasteiger partial charge in [-0.2, -0.15) is 0 Å². The average molecular weight is 225 g/mol. The highest BCUT2D eigenvalue weighted by Gasteiger charge is 2.07. The molecule has 1 aromatic carbocycles. The minimum Gasteiger partial charge on any atom is -0.508 e. The Bertz CT molecular complexity index is 296.